The highest BCUT2D eigenvalue weighted by Gasteiger charge is 2.37. The van der Waals surface area contributed by atoms with E-state index in [-0.39, 0.29) is 23.7 Å². The van der Waals surface area contributed by atoms with Gasteiger partial charge in [0.15, 0.2) is 0 Å². The highest BCUT2D eigenvalue weighted by Crippen LogP contribution is 2.43. The van der Waals surface area contributed by atoms with Crippen molar-refractivity contribution in [2.24, 2.45) is 0 Å². The minimum atomic E-state index is -4.59. The quantitative estimate of drug-likeness (QED) is 0.506. The number of aliphatic hydroxyl groups is 1. The number of ether oxygens (including phenoxy) is 1. The van der Waals surface area contributed by atoms with Crippen LogP contribution in [0.3, 0.4) is 0 Å². The number of pyridine rings is 1. The zero-order valence-electron chi connectivity index (χ0n) is 18.0. The molecular formula is C24H21F3N2O4S. The van der Waals surface area contributed by atoms with Crippen LogP contribution in [0, 0.1) is 0 Å². The maximum atomic E-state index is 14.0. The molecule has 6 nitrogen and oxygen atoms in total. The zero-order chi connectivity index (χ0) is 24.5. The van der Waals surface area contributed by atoms with Crippen LogP contribution in [-0.2, 0) is 11.0 Å². The maximum Gasteiger partial charge on any atom is 0.417 e. The number of para-hydroxylation sites is 1. The lowest BCUT2D eigenvalue weighted by Gasteiger charge is -2.22. The molecule has 0 amide bonds. The van der Waals surface area contributed by atoms with Crippen molar-refractivity contribution in [3.8, 4) is 16.9 Å². The Hall–Kier alpha value is -3.24. The number of carboxylic acids is 1. The summed E-state index contributed by atoms with van der Waals surface area (Å²) in [5, 5.41) is 19.4. The van der Waals surface area contributed by atoms with Gasteiger partial charge >= 0.3 is 12.1 Å². The number of nitrogens with zero attached hydrogens (tertiary/aromatic N) is 2. The summed E-state index contributed by atoms with van der Waals surface area (Å²) in [6.07, 6.45) is -3.95. The summed E-state index contributed by atoms with van der Waals surface area (Å²) in [6, 6.07) is 13.1. The van der Waals surface area contributed by atoms with Gasteiger partial charge in [-0.05, 0) is 47.5 Å². The number of aromatic nitrogens is 1. The van der Waals surface area contributed by atoms with Crippen molar-refractivity contribution in [2.45, 2.75) is 34.5 Å². The number of halogens is 3. The van der Waals surface area contributed by atoms with E-state index in [1.807, 2.05) is 0 Å². The van der Waals surface area contributed by atoms with Gasteiger partial charge in [-0.2, -0.15) is 13.2 Å². The third-order valence-electron chi connectivity index (χ3n) is 5.51. The predicted octanol–water partition coefficient (Wildman–Crippen LogP) is 4.95. The third kappa shape index (κ3) is 4.97. The lowest BCUT2D eigenvalue weighted by atomic mass is 10.0. The Morgan fingerprint density at radius 3 is 2.56 bits per heavy atom. The topological polar surface area (TPSA) is 82.9 Å². The summed E-state index contributed by atoms with van der Waals surface area (Å²) >= 11 is 0.965. The number of anilines is 1. The number of carbonyl (C=O) groups is 1. The van der Waals surface area contributed by atoms with Crippen LogP contribution in [-0.4, -0.2) is 47.0 Å². The number of rotatable bonds is 6. The van der Waals surface area contributed by atoms with Gasteiger partial charge in [-0.25, -0.2) is 9.78 Å². The highest BCUT2D eigenvalue weighted by molar-refractivity contribution is 7.99. The Balaban J connectivity index is 1.71. The van der Waals surface area contributed by atoms with E-state index in [9.17, 15) is 28.2 Å². The fourth-order valence-electron chi connectivity index (χ4n) is 3.90. The molecule has 2 N–H and O–H groups in total. The van der Waals surface area contributed by atoms with Crippen LogP contribution in [0.1, 0.15) is 12.0 Å². The first-order valence-electron chi connectivity index (χ1n) is 10.3. The average Bonchev–Trinajstić information content (AvgIpc) is 3.21. The molecule has 2 unspecified atom stereocenters. The summed E-state index contributed by atoms with van der Waals surface area (Å²) < 4.78 is 47.2. The molecule has 0 radical (unpaired) electrons. The summed E-state index contributed by atoms with van der Waals surface area (Å²) in [5.74, 6) is -0.340. The van der Waals surface area contributed by atoms with E-state index in [1.54, 1.807) is 36.4 Å². The van der Waals surface area contributed by atoms with E-state index in [0.717, 1.165) is 17.8 Å². The van der Waals surface area contributed by atoms with E-state index in [0.29, 0.717) is 21.8 Å². The van der Waals surface area contributed by atoms with Crippen molar-refractivity contribution in [2.75, 3.05) is 18.6 Å². The Bertz CT molecular complexity index is 1200. The number of aliphatic carboxylic acids is 1. The molecule has 0 bridgehead atoms. The molecule has 1 aliphatic heterocycles. The summed E-state index contributed by atoms with van der Waals surface area (Å²) in [4.78, 5) is 17.8. The molecular weight excluding hydrogens is 469 g/mol. The molecule has 3 aromatic rings. The third-order valence-corrected chi connectivity index (χ3v) is 6.64. The number of hydrogen-bond acceptors (Lipinski definition) is 6. The molecule has 2 heterocycles. The van der Waals surface area contributed by atoms with E-state index in [1.165, 1.54) is 30.3 Å². The summed E-state index contributed by atoms with van der Waals surface area (Å²) in [6.45, 7) is 0.0791. The molecule has 1 saturated heterocycles. The van der Waals surface area contributed by atoms with Gasteiger partial charge in [0.05, 0.1) is 23.7 Å². The number of methoxy groups -OCH3 is 1. The van der Waals surface area contributed by atoms with Crippen LogP contribution in [0.4, 0.5) is 19.0 Å². The summed E-state index contributed by atoms with van der Waals surface area (Å²) in [5.41, 5.74) is -0.0267. The number of hydrogen-bond donors (Lipinski definition) is 2. The van der Waals surface area contributed by atoms with Gasteiger partial charge in [-0.1, -0.05) is 30.0 Å². The largest absolute Gasteiger partial charge is 0.496 e. The van der Waals surface area contributed by atoms with Crippen LogP contribution in [0.25, 0.3) is 11.1 Å². The van der Waals surface area contributed by atoms with Gasteiger partial charge in [-0.15, -0.1) is 0 Å². The predicted molar refractivity (Wildman–Crippen MR) is 121 cm³/mol. The van der Waals surface area contributed by atoms with Crippen LogP contribution in [0.15, 0.2) is 70.6 Å². The number of alkyl halides is 3. The summed E-state index contributed by atoms with van der Waals surface area (Å²) in [7, 11) is 1.46. The first-order chi connectivity index (χ1) is 16.2. The van der Waals surface area contributed by atoms with E-state index in [4.69, 9.17) is 4.74 Å². The molecule has 0 saturated carbocycles. The van der Waals surface area contributed by atoms with E-state index < -0.39 is 29.9 Å². The monoisotopic (exact) mass is 490 g/mol. The molecule has 1 aromatic heterocycles. The average molecular weight is 491 g/mol. The molecule has 4 rings (SSSR count). The van der Waals surface area contributed by atoms with Gasteiger partial charge in [-0.3, -0.25) is 0 Å². The second-order valence-corrected chi connectivity index (χ2v) is 8.84. The van der Waals surface area contributed by atoms with Crippen molar-refractivity contribution < 1.29 is 32.9 Å². The second-order valence-electron chi connectivity index (χ2n) is 7.76. The lowest BCUT2D eigenvalue weighted by Crippen LogP contribution is -2.36. The Morgan fingerprint density at radius 2 is 1.85 bits per heavy atom. The van der Waals surface area contributed by atoms with Crippen molar-refractivity contribution in [3.05, 3.63) is 66.4 Å². The van der Waals surface area contributed by atoms with Crippen LogP contribution >= 0.6 is 11.8 Å². The molecule has 2 aromatic carbocycles. The van der Waals surface area contributed by atoms with E-state index in [2.05, 4.69) is 4.98 Å². The Morgan fingerprint density at radius 1 is 1.12 bits per heavy atom. The van der Waals surface area contributed by atoms with Crippen molar-refractivity contribution >= 4 is 23.5 Å². The smallest absolute Gasteiger partial charge is 0.417 e. The van der Waals surface area contributed by atoms with E-state index >= 15 is 0 Å². The Labute approximate surface area is 198 Å². The number of carboxylic acid groups (broad SMARTS) is 1. The molecule has 34 heavy (non-hydrogen) atoms. The van der Waals surface area contributed by atoms with Gasteiger partial charge in [0.2, 0.25) is 0 Å². The van der Waals surface area contributed by atoms with Crippen LogP contribution < -0.4 is 9.64 Å². The molecule has 10 heteroatoms. The number of aliphatic hydroxyl groups excluding tert-OH is 1. The van der Waals surface area contributed by atoms with Gasteiger partial charge in [0, 0.05) is 24.1 Å². The highest BCUT2D eigenvalue weighted by atomic mass is 32.2. The standard InChI is InChI=1S/C24H21F3N2O4S/c1-33-19-4-2-3-5-21(19)34-20-7-6-14(10-17(20)24(25,26)27)15-8-9-28-22(11-15)29-13-16(30)12-18(29)23(31)32/h2-11,16,18,30H,12-13H2,1H3,(H,31,32). The molecule has 1 aliphatic rings. The second kappa shape index (κ2) is 9.55. The zero-order valence-corrected chi connectivity index (χ0v) is 18.8. The molecule has 2 atom stereocenters. The van der Waals surface area contributed by atoms with Crippen LogP contribution in [0.2, 0.25) is 0 Å². The molecule has 0 aliphatic carbocycles. The number of β-amino-alcohol motifs (C(OH)–C–C–N with tert-alkyl or cyclic N) is 1. The molecule has 1 fully saturated rings. The van der Waals surface area contributed by atoms with Crippen molar-refractivity contribution in [1.82, 2.24) is 4.98 Å². The SMILES string of the molecule is COc1ccccc1Sc1ccc(-c2ccnc(N3CC(O)CC3C(=O)O)c2)cc1C(F)(F)F. The van der Waals surface area contributed by atoms with Gasteiger partial charge in [0.25, 0.3) is 0 Å². The lowest BCUT2D eigenvalue weighted by molar-refractivity contribution is -0.140. The first kappa shape index (κ1) is 23.9. The fraction of sp³-hybridized carbons (Fsp3) is 0.250. The van der Waals surface area contributed by atoms with Crippen molar-refractivity contribution in [1.29, 1.82) is 0 Å². The van der Waals surface area contributed by atoms with Crippen LogP contribution in [0.5, 0.6) is 5.75 Å². The van der Waals surface area contributed by atoms with Crippen molar-refractivity contribution in [3.63, 3.8) is 0 Å². The number of benzene rings is 2. The van der Waals surface area contributed by atoms with Gasteiger partial charge in [0.1, 0.15) is 17.6 Å². The molecule has 0 spiro atoms. The minimum Gasteiger partial charge on any atom is -0.496 e. The maximum absolute atomic E-state index is 14.0. The minimum absolute atomic E-state index is 0.0311. The Kier molecular flexibility index (Phi) is 6.72. The fourth-order valence-corrected chi connectivity index (χ4v) is 4.95. The van der Waals surface area contributed by atoms with Gasteiger partial charge < -0.3 is 19.8 Å². The first-order valence-corrected chi connectivity index (χ1v) is 11.1. The normalized spacial score (nSPS) is 18.2. The molecule has 178 valence electrons.